The SMILES string of the molecule is CN(CC(=O)N1CCC(c2nc3ccccc3[nH]2)CC1)c1ccc(Cl)nn1. The topological polar surface area (TPSA) is 78.0 Å². The molecule has 1 N–H and O–H groups in total. The number of fused-ring (bicyclic) bond motifs is 1. The van der Waals surface area contributed by atoms with E-state index in [1.807, 2.05) is 36.2 Å². The van der Waals surface area contributed by atoms with Crippen LogP contribution >= 0.6 is 11.6 Å². The first-order valence-electron chi connectivity index (χ1n) is 9.03. The minimum atomic E-state index is 0.0947. The lowest BCUT2D eigenvalue weighted by Gasteiger charge is -2.32. The van der Waals surface area contributed by atoms with Gasteiger partial charge in [-0.1, -0.05) is 23.7 Å². The Morgan fingerprint density at radius 2 is 2.00 bits per heavy atom. The fourth-order valence-corrected chi connectivity index (χ4v) is 3.57. The second kappa shape index (κ2) is 7.52. The number of aromatic amines is 1. The quantitative estimate of drug-likeness (QED) is 0.748. The monoisotopic (exact) mass is 384 g/mol. The van der Waals surface area contributed by atoms with Crippen molar-refractivity contribution in [2.75, 3.05) is 31.6 Å². The molecule has 0 radical (unpaired) electrons. The second-order valence-electron chi connectivity index (χ2n) is 6.86. The van der Waals surface area contributed by atoms with Crippen molar-refractivity contribution in [1.29, 1.82) is 0 Å². The van der Waals surface area contributed by atoms with E-state index in [1.54, 1.807) is 17.0 Å². The second-order valence-corrected chi connectivity index (χ2v) is 7.25. The Balaban J connectivity index is 1.34. The summed E-state index contributed by atoms with van der Waals surface area (Å²) in [7, 11) is 1.83. The summed E-state index contributed by atoms with van der Waals surface area (Å²) < 4.78 is 0. The van der Waals surface area contributed by atoms with E-state index in [4.69, 9.17) is 16.6 Å². The molecule has 0 unspecified atom stereocenters. The molecule has 1 saturated heterocycles. The summed E-state index contributed by atoms with van der Waals surface area (Å²) in [5, 5.41) is 8.17. The summed E-state index contributed by atoms with van der Waals surface area (Å²) >= 11 is 5.76. The molecule has 7 nitrogen and oxygen atoms in total. The molecule has 0 saturated carbocycles. The number of carbonyl (C=O) groups excluding carboxylic acids is 1. The van der Waals surface area contributed by atoms with E-state index < -0.39 is 0 Å². The van der Waals surface area contributed by atoms with E-state index in [2.05, 4.69) is 15.2 Å². The Hall–Kier alpha value is -2.67. The predicted molar refractivity (Wildman–Crippen MR) is 105 cm³/mol. The van der Waals surface area contributed by atoms with Crippen molar-refractivity contribution in [2.45, 2.75) is 18.8 Å². The zero-order chi connectivity index (χ0) is 18.8. The van der Waals surface area contributed by atoms with E-state index >= 15 is 0 Å². The summed E-state index contributed by atoms with van der Waals surface area (Å²) in [6.45, 7) is 1.74. The third kappa shape index (κ3) is 3.88. The summed E-state index contributed by atoms with van der Waals surface area (Å²) in [6, 6.07) is 11.5. The van der Waals surface area contributed by atoms with Gasteiger partial charge in [0.2, 0.25) is 5.91 Å². The van der Waals surface area contributed by atoms with Crippen LogP contribution in [0.2, 0.25) is 5.15 Å². The van der Waals surface area contributed by atoms with Crippen molar-refractivity contribution in [1.82, 2.24) is 25.1 Å². The average Bonchev–Trinajstić information content (AvgIpc) is 3.13. The molecule has 0 bridgehead atoms. The number of piperidine rings is 1. The van der Waals surface area contributed by atoms with Crippen LogP contribution in [0.1, 0.15) is 24.6 Å². The highest BCUT2D eigenvalue weighted by atomic mass is 35.5. The molecule has 2 aromatic heterocycles. The number of halogens is 1. The van der Waals surface area contributed by atoms with E-state index in [0.717, 1.165) is 42.8 Å². The van der Waals surface area contributed by atoms with Gasteiger partial charge < -0.3 is 14.8 Å². The number of nitrogens with zero attached hydrogens (tertiary/aromatic N) is 5. The molecule has 8 heteroatoms. The first-order valence-corrected chi connectivity index (χ1v) is 9.41. The number of anilines is 1. The average molecular weight is 385 g/mol. The van der Waals surface area contributed by atoms with E-state index in [9.17, 15) is 4.79 Å². The van der Waals surface area contributed by atoms with Gasteiger partial charge in [-0.25, -0.2) is 4.98 Å². The number of benzene rings is 1. The zero-order valence-corrected chi connectivity index (χ0v) is 15.9. The number of hydrogen-bond acceptors (Lipinski definition) is 5. The maximum Gasteiger partial charge on any atom is 0.242 e. The highest BCUT2D eigenvalue weighted by Crippen LogP contribution is 2.27. The highest BCUT2D eigenvalue weighted by Gasteiger charge is 2.26. The van der Waals surface area contributed by atoms with Gasteiger partial charge in [-0.2, -0.15) is 0 Å². The lowest BCUT2D eigenvalue weighted by molar-refractivity contribution is -0.130. The normalized spacial score (nSPS) is 15.3. The molecular weight excluding hydrogens is 364 g/mol. The lowest BCUT2D eigenvalue weighted by atomic mass is 9.96. The molecule has 1 fully saturated rings. The van der Waals surface area contributed by atoms with Crippen LogP contribution in [-0.2, 0) is 4.79 Å². The molecule has 0 aliphatic carbocycles. The number of aromatic nitrogens is 4. The molecular formula is C19H21ClN6O. The van der Waals surface area contributed by atoms with Crippen molar-refractivity contribution < 1.29 is 4.79 Å². The standard InChI is InChI=1S/C19H21ClN6O/c1-25(17-7-6-16(20)23-24-17)12-18(27)26-10-8-13(9-11-26)19-21-14-4-2-3-5-15(14)22-19/h2-7,13H,8-12H2,1H3,(H,21,22). The fourth-order valence-electron chi connectivity index (χ4n) is 3.46. The number of imidazole rings is 1. The predicted octanol–water partition coefficient (Wildman–Crippen LogP) is 2.85. The first-order chi connectivity index (χ1) is 13.1. The number of hydrogen-bond donors (Lipinski definition) is 1. The smallest absolute Gasteiger partial charge is 0.242 e. The van der Waals surface area contributed by atoms with Crippen LogP contribution in [0.4, 0.5) is 5.82 Å². The van der Waals surface area contributed by atoms with E-state index in [-0.39, 0.29) is 12.5 Å². The fraction of sp³-hybridized carbons (Fsp3) is 0.368. The molecule has 140 valence electrons. The van der Waals surface area contributed by atoms with Crippen molar-refractivity contribution in [3.63, 3.8) is 0 Å². The van der Waals surface area contributed by atoms with Crippen LogP contribution < -0.4 is 4.90 Å². The Morgan fingerprint density at radius 1 is 1.22 bits per heavy atom. The van der Waals surface area contributed by atoms with E-state index in [1.165, 1.54) is 0 Å². The Kier molecular flexibility index (Phi) is 4.94. The lowest BCUT2D eigenvalue weighted by Crippen LogP contribution is -2.43. The minimum absolute atomic E-state index is 0.0947. The molecule has 4 rings (SSSR count). The van der Waals surface area contributed by atoms with Crippen molar-refractivity contribution in [2.24, 2.45) is 0 Å². The highest BCUT2D eigenvalue weighted by molar-refractivity contribution is 6.29. The number of nitrogens with one attached hydrogen (secondary N) is 1. The summed E-state index contributed by atoms with van der Waals surface area (Å²) in [6.07, 6.45) is 1.83. The number of likely N-dealkylation sites (tertiary alicyclic amines) is 1. The van der Waals surface area contributed by atoms with Crippen LogP contribution in [0.3, 0.4) is 0 Å². The van der Waals surface area contributed by atoms with Crippen LogP contribution in [0.5, 0.6) is 0 Å². The van der Waals surface area contributed by atoms with Gasteiger partial charge in [-0.3, -0.25) is 4.79 Å². The van der Waals surface area contributed by atoms with Gasteiger partial charge in [0.25, 0.3) is 0 Å². The summed E-state index contributed by atoms with van der Waals surface area (Å²) in [4.78, 5) is 24.5. The number of likely N-dealkylation sites (N-methyl/N-ethyl adjacent to an activating group) is 1. The molecule has 3 heterocycles. The molecule has 1 amide bonds. The van der Waals surface area contributed by atoms with Crippen LogP contribution in [0.15, 0.2) is 36.4 Å². The Labute approximate surface area is 162 Å². The van der Waals surface area contributed by atoms with Crippen LogP contribution in [0.25, 0.3) is 11.0 Å². The Morgan fingerprint density at radius 3 is 2.70 bits per heavy atom. The Bertz CT molecular complexity index is 900. The van der Waals surface area contributed by atoms with E-state index in [0.29, 0.717) is 16.9 Å². The maximum atomic E-state index is 12.6. The van der Waals surface area contributed by atoms with Gasteiger partial charge in [-0.05, 0) is 37.1 Å². The van der Waals surface area contributed by atoms with Crippen molar-refractivity contribution in [3.8, 4) is 0 Å². The molecule has 1 aromatic carbocycles. The number of para-hydroxylation sites is 2. The zero-order valence-electron chi connectivity index (χ0n) is 15.1. The summed E-state index contributed by atoms with van der Waals surface area (Å²) in [5.41, 5.74) is 2.06. The molecule has 3 aromatic rings. The number of H-pyrrole nitrogens is 1. The molecule has 0 atom stereocenters. The molecule has 1 aliphatic rings. The third-order valence-electron chi connectivity index (χ3n) is 5.02. The van der Waals surface area contributed by atoms with Crippen LogP contribution in [0, 0.1) is 0 Å². The van der Waals surface area contributed by atoms with Crippen molar-refractivity contribution in [3.05, 3.63) is 47.4 Å². The maximum absolute atomic E-state index is 12.6. The number of carbonyl (C=O) groups is 1. The first kappa shape index (κ1) is 17.7. The third-order valence-corrected chi connectivity index (χ3v) is 5.23. The summed E-state index contributed by atoms with van der Waals surface area (Å²) in [5.74, 6) is 2.11. The minimum Gasteiger partial charge on any atom is -0.349 e. The van der Waals surface area contributed by atoms with Gasteiger partial charge in [0.1, 0.15) is 5.82 Å². The van der Waals surface area contributed by atoms with Gasteiger partial charge >= 0.3 is 0 Å². The largest absolute Gasteiger partial charge is 0.349 e. The molecule has 0 spiro atoms. The van der Waals surface area contributed by atoms with Crippen molar-refractivity contribution >= 4 is 34.4 Å². The van der Waals surface area contributed by atoms with Gasteiger partial charge in [0, 0.05) is 26.1 Å². The van der Waals surface area contributed by atoms with Gasteiger partial charge in [-0.15, -0.1) is 10.2 Å². The molecule has 1 aliphatic heterocycles. The number of amides is 1. The van der Waals surface area contributed by atoms with Crippen LogP contribution in [-0.4, -0.2) is 57.7 Å². The van der Waals surface area contributed by atoms with Gasteiger partial charge in [0.15, 0.2) is 11.0 Å². The number of rotatable bonds is 4. The van der Waals surface area contributed by atoms with Gasteiger partial charge in [0.05, 0.1) is 17.6 Å². The molecule has 27 heavy (non-hydrogen) atoms.